The van der Waals surface area contributed by atoms with E-state index in [1.54, 1.807) is 20.8 Å². The van der Waals surface area contributed by atoms with Crippen LogP contribution in [-0.4, -0.2) is 9.55 Å². The highest BCUT2D eigenvalue weighted by Crippen LogP contribution is 2.30. The minimum absolute atomic E-state index is 0.0912. The Balaban J connectivity index is 2.89. The first-order valence-electron chi connectivity index (χ1n) is 5.88. The van der Waals surface area contributed by atoms with Crippen LogP contribution in [0.5, 0.6) is 0 Å². The summed E-state index contributed by atoms with van der Waals surface area (Å²) in [4.78, 5) is 26.5. The molecule has 0 bridgehead atoms. The summed E-state index contributed by atoms with van der Waals surface area (Å²) in [6.45, 7) is 4.88. The van der Waals surface area contributed by atoms with Gasteiger partial charge in [0.05, 0.1) is 16.5 Å². The van der Waals surface area contributed by atoms with E-state index in [9.17, 15) is 22.8 Å². The highest BCUT2D eigenvalue weighted by molar-refractivity contribution is 5.78. The van der Waals surface area contributed by atoms with Gasteiger partial charge in [-0.3, -0.25) is 9.36 Å². The summed E-state index contributed by atoms with van der Waals surface area (Å²) in [5.41, 5.74) is -3.03. The quantitative estimate of drug-likeness (QED) is 0.808. The number of H-pyrrole nitrogens is 1. The van der Waals surface area contributed by atoms with Crippen LogP contribution in [0, 0.1) is 0 Å². The van der Waals surface area contributed by atoms with Crippen molar-refractivity contribution in [3.05, 3.63) is 44.6 Å². The fraction of sp³-hybridized carbons (Fsp3) is 0.385. The van der Waals surface area contributed by atoms with E-state index in [0.717, 1.165) is 22.8 Å². The molecule has 108 valence electrons. The number of nitrogens with one attached hydrogen (secondary N) is 1. The maximum absolute atomic E-state index is 12.7. The number of aromatic amines is 1. The summed E-state index contributed by atoms with van der Waals surface area (Å²) in [7, 11) is 0. The summed E-state index contributed by atoms with van der Waals surface area (Å²) in [5, 5.41) is -0.158. The zero-order chi connectivity index (χ0) is 15.3. The molecule has 0 atom stereocenters. The monoisotopic (exact) mass is 286 g/mol. The molecule has 1 aromatic carbocycles. The summed E-state index contributed by atoms with van der Waals surface area (Å²) < 4.78 is 39.0. The van der Waals surface area contributed by atoms with Gasteiger partial charge in [0.25, 0.3) is 5.56 Å². The second kappa shape index (κ2) is 4.22. The van der Waals surface area contributed by atoms with E-state index < -0.39 is 28.5 Å². The molecule has 1 N–H and O–H groups in total. The van der Waals surface area contributed by atoms with Crippen molar-refractivity contribution in [2.24, 2.45) is 0 Å². The molecule has 0 saturated heterocycles. The number of alkyl halides is 3. The van der Waals surface area contributed by atoms with Crippen LogP contribution in [0.15, 0.2) is 27.8 Å². The third-order valence-electron chi connectivity index (χ3n) is 2.90. The van der Waals surface area contributed by atoms with E-state index in [1.807, 2.05) is 0 Å². The summed E-state index contributed by atoms with van der Waals surface area (Å²) in [6, 6.07) is 2.68. The molecule has 0 aliphatic rings. The molecule has 0 saturated carbocycles. The highest BCUT2D eigenvalue weighted by atomic mass is 19.4. The molecule has 4 nitrogen and oxygen atoms in total. The molecule has 0 amide bonds. The number of hydrogen-bond acceptors (Lipinski definition) is 2. The van der Waals surface area contributed by atoms with E-state index in [1.165, 1.54) is 0 Å². The molecular weight excluding hydrogens is 273 g/mol. The van der Waals surface area contributed by atoms with Gasteiger partial charge >= 0.3 is 11.9 Å². The van der Waals surface area contributed by atoms with E-state index >= 15 is 0 Å². The second-order valence-corrected chi connectivity index (χ2v) is 5.50. The number of fused-ring (bicyclic) bond motifs is 1. The first-order valence-corrected chi connectivity index (χ1v) is 5.88. The zero-order valence-corrected chi connectivity index (χ0v) is 11.1. The minimum atomic E-state index is -4.54. The fourth-order valence-electron chi connectivity index (χ4n) is 2.00. The van der Waals surface area contributed by atoms with Gasteiger partial charge in [0.2, 0.25) is 0 Å². The van der Waals surface area contributed by atoms with Gasteiger partial charge in [0.15, 0.2) is 0 Å². The van der Waals surface area contributed by atoms with Crippen molar-refractivity contribution < 1.29 is 13.2 Å². The number of nitrogens with zero attached hydrogens (tertiary/aromatic N) is 1. The number of halogens is 3. The maximum atomic E-state index is 12.7. The van der Waals surface area contributed by atoms with Gasteiger partial charge in [0.1, 0.15) is 0 Å². The van der Waals surface area contributed by atoms with Crippen molar-refractivity contribution in [3.8, 4) is 0 Å². The van der Waals surface area contributed by atoms with Crippen LogP contribution in [0.4, 0.5) is 13.2 Å². The molecule has 0 fully saturated rings. The number of rotatable bonds is 0. The molecule has 7 heteroatoms. The molecule has 0 aliphatic carbocycles. The van der Waals surface area contributed by atoms with E-state index in [2.05, 4.69) is 4.98 Å². The van der Waals surface area contributed by atoms with E-state index in [-0.39, 0.29) is 10.9 Å². The summed E-state index contributed by atoms with van der Waals surface area (Å²) >= 11 is 0. The van der Waals surface area contributed by atoms with Gasteiger partial charge in [-0.25, -0.2) is 4.79 Å². The van der Waals surface area contributed by atoms with Crippen LogP contribution in [0.25, 0.3) is 10.9 Å². The van der Waals surface area contributed by atoms with Crippen LogP contribution < -0.4 is 11.2 Å². The summed E-state index contributed by atoms with van der Waals surface area (Å²) in [5.74, 6) is 0. The molecule has 2 aromatic rings. The van der Waals surface area contributed by atoms with Crippen LogP contribution in [0.2, 0.25) is 0 Å². The van der Waals surface area contributed by atoms with Gasteiger partial charge in [-0.15, -0.1) is 0 Å². The molecule has 1 aromatic heterocycles. The first-order chi connectivity index (χ1) is 9.01. The lowest BCUT2D eigenvalue weighted by Gasteiger charge is -2.21. The Morgan fingerprint density at radius 1 is 1.10 bits per heavy atom. The zero-order valence-electron chi connectivity index (χ0n) is 11.1. The van der Waals surface area contributed by atoms with E-state index in [4.69, 9.17) is 0 Å². The molecule has 20 heavy (non-hydrogen) atoms. The molecule has 2 rings (SSSR count). The third-order valence-corrected chi connectivity index (χ3v) is 2.90. The minimum Gasteiger partial charge on any atom is -0.307 e. The first kappa shape index (κ1) is 14.4. The van der Waals surface area contributed by atoms with Gasteiger partial charge in [0, 0.05) is 5.54 Å². The standard InChI is InChI=1S/C13H13F3N2O2/c1-12(2,3)18-10(19)8-6-7(13(14,15)16)4-5-9(8)17-11(18)20/h4-6H,1-3H3,(H,17,20). The van der Waals surface area contributed by atoms with Crippen molar-refractivity contribution in [1.29, 1.82) is 0 Å². The molecule has 1 heterocycles. The van der Waals surface area contributed by atoms with E-state index in [0.29, 0.717) is 0 Å². The largest absolute Gasteiger partial charge is 0.416 e. The van der Waals surface area contributed by atoms with Crippen LogP contribution in [-0.2, 0) is 11.7 Å². The van der Waals surface area contributed by atoms with Crippen LogP contribution in [0.3, 0.4) is 0 Å². The Morgan fingerprint density at radius 3 is 2.20 bits per heavy atom. The van der Waals surface area contributed by atoms with Gasteiger partial charge in [-0.1, -0.05) is 0 Å². The Hall–Kier alpha value is -2.05. The predicted octanol–water partition coefficient (Wildman–Crippen LogP) is 2.46. The van der Waals surface area contributed by atoms with Crippen LogP contribution >= 0.6 is 0 Å². The lowest BCUT2D eigenvalue weighted by molar-refractivity contribution is -0.137. The molecule has 0 spiro atoms. The predicted molar refractivity (Wildman–Crippen MR) is 68.8 cm³/mol. The average molecular weight is 286 g/mol. The van der Waals surface area contributed by atoms with Gasteiger partial charge in [-0.2, -0.15) is 13.2 Å². The van der Waals surface area contributed by atoms with Crippen molar-refractivity contribution in [3.63, 3.8) is 0 Å². The molecule has 0 unspecified atom stereocenters. The average Bonchev–Trinajstić information content (AvgIpc) is 2.25. The second-order valence-electron chi connectivity index (χ2n) is 5.50. The summed E-state index contributed by atoms with van der Waals surface area (Å²) in [6.07, 6.45) is -4.54. The van der Waals surface area contributed by atoms with Crippen LogP contribution in [0.1, 0.15) is 26.3 Å². The maximum Gasteiger partial charge on any atom is 0.416 e. The topological polar surface area (TPSA) is 54.9 Å². The third kappa shape index (κ3) is 2.35. The molecule has 0 aliphatic heterocycles. The van der Waals surface area contributed by atoms with Crippen molar-refractivity contribution >= 4 is 10.9 Å². The Morgan fingerprint density at radius 2 is 1.70 bits per heavy atom. The van der Waals surface area contributed by atoms with Gasteiger partial charge in [-0.05, 0) is 39.0 Å². The fourth-order valence-corrected chi connectivity index (χ4v) is 2.00. The SMILES string of the molecule is CC(C)(C)n1c(=O)[nH]c2ccc(C(F)(F)F)cc2c1=O. The lowest BCUT2D eigenvalue weighted by Crippen LogP contribution is -2.44. The smallest absolute Gasteiger partial charge is 0.307 e. The highest BCUT2D eigenvalue weighted by Gasteiger charge is 2.31. The number of hydrogen-bond donors (Lipinski definition) is 1. The normalized spacial score (nSPS) is 12.9. The van der Waals surface area contributed by atoms with Crippen molar-refractivity contribution in [2.75, 3.05) is 0 Å². The van der Waals surface area contributed by atoms with Gasteiger partial charge < -0.3 is 4.98 Å². The Bertz CT molecular complexity index is 779. The van der Waals surface area contributed by atoms with Crippen molar-refractivity contribution in [1.82, 2.24) is 9.55 Å². The Labute approximate surface area is 111 Å². The molecule has 0 radical (unpaired) electrons. The molecular formula is C13H13F3N2O2. The number of aromatic nitrogens is 2. The van der Waals surface area contributed by atoms with Crippen molar-refractivity contribution in [2.45, 2.75) is 32.5 Å². The number of benzene rings is 1. The lowest BCUT2D eigenvalue weighted by atomic mass is 10.1. The Kier molecular flexibility index (Phi) is 3.03.